The molecule has 7 heteroatoms. The van der Waals surface area contributed by atoms with Gasteiger partial charge in [-0.05, 0) is 52.0 Å². The molecule has 158 valence electrons. The first-order valence-electron chi connectivity index (χ1n) is 9.83. The van der Waals surface area contributed by atoms with Crippen LogP contribution in [0.3, 0.4) is 0 Å². The van der Waals surface area contributed by atoms with Crippen LogP contribution in [-0.4, -0.2) is 32.5 Å². The molecule has 0 saturated carbocycles. The highest BCUT2D eigenvalue weighted by Crippen LogP contribution is 2.35. The van der Waals surface area contributed by atoms with Crippen LogP contribution in [0.15, 0.2) is 53.4 Å². The Morgan fingerprint density at radius 2 is 1.52 bits per heavy atom. The van der Waals surface area contributed by atoms with Crippen LogP contribution in [0.5, 0.6) is 5.75 Å². The van der Waals surface area contributed by atoms with Crippen molar-refractivity contribution in [3.05, 3.63) is 54.1 Å². The number of quaternary nitrogens is 1. The number of halogens is 1. The third kappa shape index (κ3) is 5.51. The number of ether oxygens (including phenoxy) is 1. The Balaban J connectivity index is 1.93. The summed E-state index contributed by atoms with van der Waals surface area (Å²) in [6, 6.07) is 14.2. The van der Waals surface area contributed by atoms with E-state index in [-0.39, 0.29) is 20.5 Å². The minimum Gasteiger partial charge on any atom is -0.488 e. The molecule has 1 aliphatic rings. The number of piperidine rings is 1. The number of aryl methyl sites for hydroxylation is 1. The molecule has 0 radical (unpaired) electrons. The molecule has 1 fully saturated rings. The van der Waals surface area contributed by atoms with Crippen molar-refractivity contribution in [2.45, 2.75) is 56.4 Å². The van der Waals surface area contributed by atoms with Gasteiger partial charge < -0.3 is 4.74 Å². The Morgan fingerprint density at radius 1 is 0.966 bits per heavy atom. The van der Waals surface area contributed by atoms with Crippen molar-refractivity contribution in [2.75, 3.05) is 13.1 Å². The van der Waals surface area contributed by atoms with Gasteiger partial charge in [-0.15, -0.1) is 16.2 Å². The van der Waals surface area contributed by atoms with Crippen LogP contribution in [0.1, 0.15) is 39.2 Å². The molecule has 0 bridgehead atoms. The maximum absolute atomic E-state index is 13.0. The smallest absolute Gasteiger partial charge is 0.343 e. The first-order valence-corrected chi connectivity index (χ1v) is 11.7. The Hall–Kier alpha value is -1.60. The minimum absolute atomic E-state index is 0.0235. The lowest BCUT2D eigenvalue weighted by Crippen LogP contribution is -2.55. The average molecular weight is 439 g/mol. The molecule has 0 amide bonds. The van der Waals surface area contributed by atoms with E-state index in [1.807, 2.05) is 52.0 Å². The summed E-state index contributed by atoms with van der Waals surface area (Å²) in [7, 11) is -3.94. The molecule has 0 aromatic heterocycles. The topological polar surface area (TPSA) is 52.6 Å². The van der Waals surface area contributed by atoms with Crippen LogP contribution in [0.25, 0.3) is 0 Å². The van der Waals surface area contributed by atoms with Crippen molar-refractivity contribution < 1.29 is 17.4 Å². The normalized spacial score (nSPS) is 23.0. The van der Waals surface area contributed by atoms with E-state index < -0.39 is 10.1 Å². The molecule has 0 spiro atoms. The van der Waals surface area contributed by atoms with Gasteiger partial charge in [0.25, 0.3) is 0 Å². The van der Waals surface area contributed by atoms with Crippen LogP contribution in [0.2, 0.25) is 0 Å². The molecule has 5 nitrogen and oxygen atoms in total. The highest BCUT2D eigenvalue weighted by atomic mass is 35.5. The summed E-state index contributed by atoms with van der Waals surface area (Å²) >= 11 is 6.30. The van der Waals surface area contributed by atoms with Crippen LogP contribution < -0.4 is 9.38 Å². The lowest BCUT2D eigenvalue weighted by atomic mass is 10.1. The highest BCUT2D eigenvalue weighted by Gasteiger charge is 2.43. The second-order valence-corrected chi connectivity index (χ2v) is 10.7. The third-order valence-electron chi connectivity index (χ3n) is 4.89. The molecule has 1 saturated heterocycles. The summed E-state index contributed by atoms with van der Waals surface area (Å²) in [5.74, 6) is 0.730. The van der Waals surface area contributed by atoms with Gasteiger partial charge >= 0.3 is 10.1 Å². The predicted molar refractivity (Wildman–Crippen MR) is 117 cm³/mol. The Labute approximate surface area is 178 Å². The van der Waals surface area contributed by atoms with Gasteiger partial charge in [0.1, 0.15) is 24.4 Å². The van der Waals surface area contributed by atoms with E-state index in [9.17, 15) is 8.42 Å². The molecular formula is C22H29ClNO4S+. The van der Waals surface area contributed by atoms with Gasteiger partial charge in [0.2, 0.25) is 0 Å². The van der Waals surface area contributed by atoms with Crippen LogP contribution in [0.4, 0.5) is 5.69 Å². The zero-order valence-corrected chi connectivity index (χ0v) is 19.0. The van der Waals surface area contributed by atoms with Gasteiger partial charge in [0.05, 0.1) is 4.90 Å². The van der Waals surface area contributed by atoms with Gasteiger partial charge in [0.15, 0.2) is 5.69 Å². The number of benzene rings is 2. The monoisotopic (exact) mass is 438 g/mol. The molecule has 1 heterocycles. The quantitative estimate of drug-likeness (QED) is 0.475. The number of alkyl halides is 1. The van der Waals surface area contributed by atoms with E-state index in [0.29, 0.717) is 25.9 Å². The van der Waals surface area contributed by atoms with Crippen molar-refractivity contribution >= 4 is 27.4 Å². The zero-order chi connectivity index (χ0) is 21.3. The maximum atomic E-state index is 13.0. The summed E-state index contributed by atoms with van der Waals surface area (Å²) in [6.07, 6.45) is 1.34. The molecule has 1 aliphatic heterocycles. The fourth-order valence-corrected chi connectivity index (χ4v) is 4.77. The standard InChI is InChI=1S/C22H29ClNO4S/c1-17-5-11-21(12-6-17)29(25,26)28-24(15-13-18(23)14-16-24)19-7-9-20(10-8-19)27-22(2,3)4/h5-12,18H,13-16H2,1-4H3/q+1. The molecule has 29 heavy (non-hydrogen) atoms. The molecule has 2 aromatic rings. The van der Waals surface area contributed by atoms with E-state index >= 15 is 0 Å². The fourth-order valence-electron chi connectivity index (χ4n) is 3.40. The molecule has 0 atom stereocenters. The Morgan fingerprint density at radius 3 is 2.03 bits per heavy atom. The van der Waals surface area contributed by atoms with Gasteiger partial charge in [-0.2, -0.15) is 8.42 Å². The Bertz CT molecular complexity index is 926. The van der Waals surface area contributed by atoms with Gasteiger partial charge in [0, 0.05) is 30.4 Å². The van der Waals surface area contributed by atoms with E-state index in [1.54, 1.807) is 24.3 Å². The number of rotatable bonds is 5. The second-order valence-electron chi connectivity index (χ2n) is 8.56. The Kier molecular flexibility index (Phi) is 6.30. The molecule has 0 aliphatic carbocycles. The molecule has 0 unspecified atom stereocenters. The third-order valence-corrected chi connectivity index (χ3v) is 6.66. The van der Waals surface area contributed by atoms with E-state index in [4.69, 9.17) is 20.6 Å². The lowest BCUT2D eigenvalue weighted by Gasteiger charge is -2.38. The van der Waals surface area contributed by atoms with Crippen molar-refractivity contribution in [1.29, 1.82) is 0 Å². The molecule has 2 aromatic carbocycles. The van der Waals surface area contributed by atoms with Crippen molar-refractivity contribution in [2.24, 2.45) is 0 Å². The number of hydrogen-bond donors (Lipinski definition) is 0. The van der Waals surface area contributed by atoms with Crippen molar-refractivity contribution in [3.8, 4) is 5.75 Å². The van der Waals surface area contributed by atoms with Crippen molar-refractivity contribution in [1.82, 2.24) is 4.65 Å². The predicted octanol–water partition coefficient (Wildman–Crippen LogP) is 5.20. The van der Waals surface area contributed by atoms with E-state index in [0.717, 1.165) is 17.0 Å². The molecule has 0 N–H and O–H groups in total. The summed E-state index contributed by atoms with van der Waals surface area (Å²) in [4.78, 5) is 0.154. The van der Waals surface area contributed by atoms with Crippen LogP contribution in [0, 0.1) is 6.92 Å². The zero-order valence-electron chi connectivity index (χ0n) is 17.4. The summed E-state index contributed by atoms with van der Waals surface area (Å²) < 4.78 is 37.7. The number of hydrogen-bond acceptors (Lipinski definition) is 4. The summed E-state index contributed by atoms with van der Waals surface area (Å²) in [6.45, 7) is 8.83. The van der Waals surface area contributed by atoms with Crippen LogP contribution >= 0.6 is 11.6 Å². The first kappa shape index (κ1) is 22.1. The lowest BCUT2D eigenvalue weighted by molar-refractivity contribution is -0.0551. The SMILES string of the molecule is Cc1ccc(S(=O)(=O)O[N+]2(c3ccc(OC(C)(C)C)cc3)CCC(Cl)CC2)cc1. The molecule has 3 rings (SSSR count). The fraction of sp³-hybridized carbons (Fsp3) is 0.455. The van der Waals surface area contributed by atoms with Gasteiger partial charge in [-0.3, -0.25) is 0 Å². The number of hydroxylamine groups is 2. The minimum atomic E-state index is -3.94. The summed E-state index contributed by atoms with van der Waals surface area (Å²) in [5, 5.41) is 0.0235. The average Bonchev–Trinajstić information content (AvgIpc) is 2.63. The van der Waals surface area contributed by atoms with Gasteiger partial charge in [-0.25, -0.2) is 0 Å². The number of nitrogens with zero attached hydrogens (tertiary/aromatic N) is 1. The maximum Gasteiger partial charge on any atom is 0.343 e. The highest BCUT2D eigenvalue weighted by molar-refractivity contribution is 7.86. The second kappa shape index (κ2) is 8.26. The van der Waals surface area contributed by atoms with E-state index in [2.05, 4.69) is 0 Å². The van der Waals surface area contributed by atoms with Crippen LogP contribution in [-0.2, 0) is 14.4 Å². The first-order chi connectivity index (χ1) is 13.5. The van der Waals surface area contributed by atoms with E-state index in [1.165, 1.54) is 0 Å². The van der Waals surface area contributed by atoms with Gasteiger partial charge in [-0.1, -0.05) is 22.0 Å². The summed E-state index contributed by atoms with van der Waals surface area (Å²) in [5.41, 5.74) is 1.45. The van der Waals surface area contributed by atoms with Crippen molar-refractivity contribution in [3.63, 3.8) is 0 Å². The largest absolute Gasteiger partial charge is 0.488 e. The molecular weight excluding hydrogens is 410 g/mol.